The Labute approximate surface area is 73.5 Å². The molecule has 0 unspecified atom stereocenters. The fourth-order valence-corrected chi connectivity index (χ4v) is 2.28. The normalized spacial score (nSPS) is 30.7. The van der Waals surface area contributed by atoms with Gasteiger partial charge in [-0.1, -0.05) is 6.92 Å². The maximum atomic E-state index is 9.08. The number of ether oxygens (including phenoxy) is 1. The average Bonchev–Trinajstić information content (AvgIpc) is 2.86. The molecule has 0 bridgehead atoms. The maximum Gasteiger partial charge on any atom is 0.0695 e. The summed E-state index contributed by atoms with van der Waals surface area (Å²) in [5.41, 5.74) is 0.275. The lowest BCUT2D eigenvalue weighted by molar-refractivity contribution is -0.00216. The van der Waals surface area contributed by atoms with Gasteiger partial charge in [0.1, 0.15) is 0 Å². The van der Waals surface area contributed by atoms with Crippen LogP contribution in [0.2, 0.25) is 0 Å². The van der Waals surface area contributed by atoms with Crippen molar-refractivity contribution in [2.24, 2.45) is 10.8 Å². The van der Waals surface area contributed by atoms with E-state index in [2.05, 4.69) is 13.0 Å². The molecule has 0 atom stereocenters. The summed E-state index contributed by atoms with van der Waals surface area (Å²) in [5.74, 6) is 0. The summed E-state index contributed by atoms with van der Waals surface area (Å²) in [7, 11) is 0. The smallest absolute Gasteiger partial charge is 0.0695 e. The molecule has 1 aliphatic carbocycles. The third-order valence-corrected chi connectivity index (χ3v) is 3.72. The van der Waals surface area contributed by atoms with Crippen molar-refractivity contribution in [2.45, 2.75) is 32.6 Å². The third kappa shape index (κ3) is 0.964. The standard InChI is InChI=1S/C10H15NO/c1-9(4-6-12-7-5-9)10(8-11)2-3-10/h2-7H2,1H3. The van der Waals surface area contributed by atoms with Gasteiger partial charge < -0.3 is 4.74 Å². The van der Waals surface area contributed by atoms with Crippen molar-refractivity contribution in [3.8, 4) is 6.07 Å². The predicted molar refractivity (Wildman–Crippen MR) is 45.4 cm³/mol. The van der Waals surface area contributed by atoms with Gasteiger partial charge in [-0.15, -0.1) is 0 Å². The first-order chi connectivity index (χ1) is 5.72. The van der Waals surface area contributed by atoms with E-state index < -0.39 is 0 Å². The van der Waals surface area contributed by atoms with Crippen LogP contribution in [-0.4, -0.2) is 13.2 Å². The molecule has 2 fully saturated rings. The van der Waals surface area contributed by atoms with Crippen LogP contribution in [0.4, 0.5) is 0 Å². The molecule has 1 heterocycles. The molecule has 2 nitrogen and oxygen atoms in total. The second kappa shape index (κ2) is 2.47. The van der Waals surface area contributed by atoms with Crippen LogP contribution in [0.15, 0.2) is 0 Å². The Morgan fingerprint density at radius 1 is 1.17 bits per heavy atom. The Bertz CT molecular complexity index is 218. The molecule has 0 N–H and O–H groups in total. The van der Waals surface area contributed by atoms with Crippen LogP contribution in [0.5, 0.6) is 0 Å². The van der Waals surface area contributed by atoms with Gasteiger partial charge in [-0.25, -0.2) is 0 Å². The van der Waals surface area contributed by atoms with Crippen molar-refractivity contribution in [3.05, 3.63) is 0 Å². The molecular weight excluding hydrogens is 150 g/mol. The largest absolute Gasteiger partial charge is 0.381 e. The highest BCUT2D eigenvalue weighted by Crippen LogP contribution is 2.61. The summed E-state index contributed by atoms with van der Waals surface area (Å²) in [6, 6.07) is 2.51. The van der Waals surface area contributed by atoms with Crippen LogP contribution in [-0.2, 0) is 4.74 Å². The summed E-state index contributed by atoms with van der Waals surface area (Å²) in [6.07, 6.45) is 4.36. The number of hydrogen-bond donors (Lipinski definition) is 0. The van der Waals surface area contributed by atoms with Gasteiger partial charge in [-0.2, -0.15) is 5.26 Å². The van der Waals surface area contributed by atoms with Gasteiger partial charge in [-0.05, 0) is 31.1 Å². The Morgan fingerprint density at radius 2 is 1.75 bits per heavy atom. The third-order valence-electron chi connectivity index (χ3n) is 3.72. The highest BCUT2D eigenvalue weighted by molar-refractivity contribution is 5.18. The van der Waals surface area contributed by atoms with Crippen molar-refractivity contribution >= 4 is 0 Å². The summed E-state index contributed by atoms with van der Waals surface area (Å²) in [4.78, 5) is 0. The maximum absolute atomic E-state index is 9.08. The van der Waals surface area contributed by atoms with Gasteiger partial charge in [-0.3, -0.25) is 0 Å². The molecule has 0 aromatic heterocycles. The van der Waals surface area contributed by atoms with E-state index in [0.717, 1.165) is 38.9 Å². The fourth-order valence-electron chi connectivity index (χ4n) is 2.28. The first-order valence-corrected chi connectivity index (χ1v) is 4.72. The summed E-state index contributed by atoms with van der Waals surface area (Å²) >= 11 is 0. The molecule has 0 spiro atoms. The van der Waals surface area contributed by atoms with Crippen molar-refractivity contribution in [1.82, 2.24) is 0 Å². The van der Waals surface area contributed by atoms with Gasteiger partial charge in [0.05, 0.1) is 11.5 Å². The lowest BCUT2D eigenvalue weighted by atomic mass is 9.69. The molecule has 12 heavy (non-hydrogen) atoms. The summed E-state index contributed by atoms with van der Waals surface area (Å²) < 4.78 is 5.32. The first kappa shape index (κ1) is 8.07. The van der Waals surface area contributed by atoms with Gasteiger partial charge in [0.25, 0.3) is 0 Å². The molecule has 1 saturated carbocycles. The second-order valence-electron chi connectivity index (χ2n) is 4.37. The fraction of sp³-hybridized carbons (Fsp3) is 0.900. The van der Waals surface area contributed by atoms with E-state index in [1.807, 2.05) is 0 Å². The molecule has 1 aliphatic heterocycles. The van der Waals surface area contributed by atoms with E-state index in [4.69, 9.17) is 10.00 Å². The van der Waals surface area contributed by atoms with E-state index in [1.54, 1.807) is 0 Å². The van der Waals surface area contributed by atoms with Gasteiger partial charge in [0.15, 0.2) is 0 Å². The van der Waals surface area contributed by atoms with Crippen molar-refractivity contribution in [2.75, 3.05) is 13.2 Å². The molecule has 2 heteroatoms. The monoisotopic (exact) mass is 165 g/mol. The topological polar surface area (TPSA) is 33.0 Å². The van der Waals surface area contributed by atoms with Crippen molar-refractivity contribution in [1.29, 1.82) is 5.26 Å². The molecule has 0 amide bonds. The van der Waals surface area contributed by atoms with Crippen LogP contribution < -0.4 is 0 Å². The molecule has 2 rings (SSSR count). The quantitative estimate of drug-likeness (QED) is 0.596. The van der Waals surface area contributed by atoms with Crippen molar-refractivity contribution in [3.63, 3.8) is 0 Å². The molecule has 1 saturated heterocycles. The van der Waals surface area contributed by atoms with Crippen molar-refractivity contribution < 1.29 is 4.74 Å². The predicted octanol–water partition coefficient (Wildman–Crippen LogP) is 2.11. The Balaban J connectivity index is 2.14. The average molecular weight is 165 g/mol. The van der Waals surface area contributed by atoms with Crippen LogP contribution in [0.3, 0.4) is 0 Å². The minimum atomic E-state index is 0.0246. The second-order valence-corrected chi connectivity index (χ2v) is 4.37. The van der Waals surface area contributed by atoms with Crippen LogP contribution in [0.1, 0.15) is 32.6 Å². The Hall–Kier alpha value is -0.550. The minimum Gasteiger partial charge on any atom is -0.381 e. The zero-order valence-corrected chi connectivity index (χ0v) is 7.60. The highest BCUT2D eigenvalue weighted by atomic mass is 16.5. The highest BCUT2D eigenvalue weighted by Gasteiger charge is 2.57. The zero-order valence-electron chi connectivity index (χ0n) is 7.60. The SMILES string of the molecule is CC1(C2(C#N)CC2)CCOCC1. The zero-order chi connectivity index (χ0) is 8.66. The minimum absolute atomic E-state index is 0.0246. The van der Waals surface area contributed by atoms with Crippen LogP contribution in [0.25, 0.3) is 0 Å². The molecule has 2 aliphatic rings. The van der Waals surface area contributed by atoms with E-state index in [-0.39, 0.29) is 10.8 Å². The van der Waals surface area contributed by atoms with Gasteiger partial charge >= 0.3 is 0 Å². The van der Waals surface area contributed by atoms with Crippen LogP contribution in [0, 0.1) is 22.2 Å². The number of rotatable bonds is 1. The lowest BCUT2D eigenvalue weighted by Gasteiger charge is -2.37. The molecular formula is C10H15NO. The van der Waals surface area contributed by atoms with E-state index in [1.165, 1.54) is 0 Å². The Morgan fingerprint density at radius 3 is 2.17 bits per heavy atom. The molecule has 66 valence electrons. The first-order valence-electron chi connectivity index (χ1n) is 4.72. The number of hydrogen-bond acceptors (Lipinski definition) is 2. The van der Waals surface area contributed by atoms with E-state index in [0.29, 0.717) is 0 Å². The molecule has 0 aromatic rings. The van der Waals surface area contributed by atoms with Gasteiger partial charge in [0, 0.05) is 13.2 Å². The lowest BCUT2D eigenvalue weighted by Crippen LogP contribution is -2.34. The van der Waals surface area contributed by atoms with Crippen LogP contribution >= 0.6 is 0 Å². The number of nitriles is 1. The van der Waals surface area contributed by atoms with E-state index in [9.17, 15) is 0 Å². The Kier molecular flexibility index (Phi) is 1.66. The van der Waals surface area contributed by atoms with Gasteiger partial charge in [0.2, 0.25) is 0 Å². The van der Waals surface area contributed by atoms with E-state index >= 15 is 0 Å². The molecule has 0 aromatic carbocycles. The summed E-state index contributed by atoms with van der Waals surface area (Å²) in [5, 5.41) is 9.08. The summed E-state index contributed by atoms with van der Waals surface area (Å²) in [6.45, 7) is 3.95. The number of nitrogens with zero attached hydrogens (tertiary/aromatic N) is 1. The molecule has 0 radical (unpaired) electrons.